The second kappa shape index (κ2) is 4.89. The molecule has 1 unspecified atom stereocenters. The van der Waals surface area contributed by atoms with Gasteiger partial charge in [0.1, 0.15) is 0 Å². The molecule has 0 spiro atoms. The molecule has 2 aliphatic heterocycles. The molecule has 3 aliphatic rings. The topological polar surface area (TPSA) is 6.48 Å². The summed E-state index contributed by atoms with van der Waals surface area (Å²) in [5.74, 6) is 0. The lowest BCUT2D eigenvalue weighted by molar-refractivity contribution is 0.0593. The summed E-state index contributed by atoms with van der Waals surface area (Å²) in [4.78, 5) is 5.62. The highest BCUT2D eigenvalue weighted by molar-refractivity contribution is 4.94. The second-order valence-corrected chi connectivity index (χ2v) is 6.69. The van der Waals surface area contributed by atoms with Crippen molar-refractivity contribution in [2.24, 2.45) is 0 Å². The van der Waals surface area contributed by atoms with Gasteiger partial charge in [0.05, 0.1) is 0 Å². The van der Waals surface area contributed by atoms with Crippen LogP contribution in [0.3, 0.4) is 0 Å². The zero-order chi connectivity index (χ0) is 11.7. The zero-order valence-corrected chi connectivity index (χ0v) is 11.5. The van der Waals surface area contributed by atoms with Gasteiger partial charge < -0.3 is 0 Å². The van der Waals surface area contributed by atoms with E-state index in [-0.39, 0.29) is 0 Å². The fourth-order valence-electron chi connectivity index (χ4n) is 4.33. The highest BCUT2D eigenvalue weighted by Crippen LogP contribution is 2.35. The van der Waals surface area contributed by atoms with Crippen molar-refractivity contribution in [1.82, 2.24) is 9.80 Å². The van der Waals surface area contributed by atoms with Crippen LogP contribution in [0.5, 0.6) is 0 Å². The van der Waals surface area contributed by atoms with Gasteiger partial charge in [-0.25, -0.2) is 0 Å². The highest BCUT2D eigenvalue weighted by Gasteiger charge is 2.37. The monoisotopic (exact) mass is 236 g/mol. The second-order valence-electron chi connectivity index (χ2n) is 6.69. The molecule has 1 aliphatic carbocycles. The fraction of sp³-hybridized carbons (Fsp3) is 1.00. The van der Waals surface area contributed by atoms with Crippen molar-refractivity contribution in [3.05, 3.63) is 0 Å². The van der Waals surface area contributed by atoms with Crippen LogP contribution in [0.15, 0.2) is 0 Å². The maximum Gasteiger partial charge on any atom is 0.0223 e. The van der Waals surface area contributed by atoms with Crippen molar-refractivity contribution in [3.63, 3.8) is 0 Å². The van der Waals surface area contributed by atoms with Gasteiger partial charge in [0.15, 0.2) is 0 Å². The van der Waals surface area contributed by atoms with Crippen LogP contribution >= 0.6 is 0 Å². The summed E-state index contributed by atoms with van der Waals surface area (Å²) in [6.45, 7) is 7.98. The first-order valence-electron chi connectivity index (χ1n) is 7.77. The molecule has 0 aromatic carbocycles. The third-order valence-corrected chi connectivity index (χ3v) is 5.50. The molecule has 2 heteroatoms. The van der Waals surface area contributed by atoms with Gasteiger partial charge in [0.25, 0.3) is 0 Å². The molecule has 0 aromatic heterocycles. The van der Waals surface area contributed by atoms with Gasteiger partial charge in [0, 0.05) is 18.1 Å². The Hall–Kier alpha value is -0.0800. The summed E-state index contributed by atoms with van der Waals surface area (Å²) in [5, 5.41) is 0. The summed E-state index contributed by atoms with van der Waals surface area (Å²) in [6.07, 6.45) is 11.6. The van der Waals surface area contributed by atoms with Gasteiger partial charge in [-0.3, -0.25) is 9.80 Å². The van der Waals surface area contributed by atoms with Crippen LogP contribution in [0.4, 0.5) is 0 Å². The van der Waals surface area contributed by atoms with Crippen molar-refractivity contribution in [2.45, 2.75) is 69.9 Å². The van der Waals surface area contributed by atoms with E-state index in [0.717, 1.165) is 6.04 Å². The standard InChI is InChI=1S/C15H28N2/c1-15(8-3-2-4-9-15)17-12-6-11-16-10-5-7-14(16)13-17/h14H,2-13H2,1H3. The van der Waals surface area contributed by atoms with Crippen LogP contribution in [0.2, 0.25) is 0 Å². The zero-order valence-electron chi connectivity index (χ0n) is 11.5. The SMILES string of the molecule is CC1(N2CCCN3CCCC3C2)CCCCC1. The molecule has 3 rings (SSSR count). The van der Waals surface area contributed by atoms with Crippen molar-refractivity contribution in [1.29, 1.82) is 0 Å². The molecular weight excluding hydrogens is 208 g/mol. The quantitative estimate of drug-likeness (QED) is 0.691. The third kappa shape index (κ3) is 2.39. The van der Waals surface area contributed by atoms with Gasteiger partial charge in [0.2, 0.25) is 0 Å². The summed E-state index contributed by atoms with van der Waals surface area (Å²) >= 11 is 0. The minimum Gasteiger partial charge on any atom is -0.299 e. The average molecular weight is 236 g/mol. The minimum atomic E-state index is 0.539. The predicted octanol–water partition coefficient (Wildman–Crippen LogP) is 2.88. The maximum absolute atomic E-state index is 2.86. The third-order valence-electron chi connectivity index (χ3n) is 5.50. The number of hydrogen-bond acceptors (Lipinski definition) is 2. The van der Waals surface area contributed by atoms with Crippen LogP contribution in [0.25, 0.3) is 0 Å². The molecule has 2 saturated heterocycles. The summed E-state index contributed by atoms with van der Waals surface area (Å²) < 4.78 is 0. The van der Waals surface area contributed by atoms with Gasteiger partial charge in [-0.05, 0) is 58.7 Å². The normalized spacial score (nSPS) is 35.5. The maximum atomic E-state index is 2.86. The summed E-state index contributed by atoms with van der Waals surface area (Å²) in [7, 11) is 0. The lowest BCUT2D eigenvalue weighted by atomic mass is 9.81. The smallest absolute Gasteiger partial charge is 0.0223 e. The fourth-order valence-corrected chi connectivity index (χ4v) is 4.33. The molecular formula is C15H28N2. The molecule has 1 atom stereocenters. The number of nitrogens with zero attached hydrogens (tertiary/aromatic N) is 2. The number of fused-ring (bicyclic) bond motifs is 1. The van der Waals surface area contributed by atoms with Crippen molar-refractivity contribution < 1.29 is 0 Å². The van der Waals surface area contributed by atoms with Crippen molar-refractivity contribution >= 4 is 0 Å². The largest absolute Gasteiger partial charge is 0.299 e. The molecule has 17 heavy (non-hydrogen) atoms. The molecule has 3 fully saturated rings. The summed E-state index contributed by atoms with van der Waals surface area (Å²) in [5.41, 5.74) is 0.539. The van der Waals surface area contributed by atoms with Gasteiger partial charge in [-0.2, -0.15) is 0 Å². The summed E-state index contributed by atoms with van der Waals surface area (Å²) in [6, 6.07) is 0.885. The molecule has 98 valence electrons. The van der Waals surface area contributed by atoms with Crippen LogP contribution in [0, 0.1) is 0 Å². The lowest BCUT2D eigenvalue weighted by Crippen LogP contribution is -2.50. The average Bonchev–Trinajstić information content (AvgIpc) is 2.67. The number of hydrogen-bond donors (Lipinski definition) is 0. The van der Waals surface area contributed by atoms with E-state index in [1.54, 1.807) is 0 Å². The minimum absolute atomic E-state index is 0.539. The van der Waals surface area contributed by atoms with Gasteiger partial charge in [-0.1, -0.05) is 19.3 Å². The highest BCUT2D eigenvalue weighted by atomic mass is 15.3. The molecule has 2 heterocycles. The predicted molar refractivity (Wildman–Crippen MR) is 72.3 cm³/mol. The first kappa shape index (κ1) is 12.0. The van der Waals surface area contributed by atoms with Crippen LogP contribution in [-0.2, 0) is 0 Å². The first-order chi connectivity index (χ1) is 8.28. The van der Waals surface area contributed by atoms with Crippen LogP contribution in [-0.4, -0.2) is 47.6 Å². The van der Waals surface area contributed by atoms with Gasteiger partial charge >= 0.3 is 0 Å². The lowest BCUT2D eigenvalue weighted by Gasteiger charge is -2.44. The van der Waals surface area contributed by atoms with E-state index < -0.39 is 0 Å². The van der Waals surface area contributed by atoms with E-state index in [0.29, 0.717) is 5.54 Å². The molecule has 0 N–H and O–H groups in total. The van der Waals surface area contributed by atoms with Crippen LogP contribution < -0.4 is 0 Å². The number of rotatable bonds is 1. The van der Waals surface area contributed by atoms with Crippen molar-refractivity contribution in [3.8, 4) is 0 Å². The molecule has 0 aromatic rings. The first-order valence-corrected chi connectivity index (χ1v) is 7.77. The van der Waals surface area contributed by atoms with Gasteiger partial charge in [-0.15, -0.1) is 0 Å². The Morgan fingerprint density at radius 1 is 0.882 bits per heavy atom. The van der Waals surface area contributed by atoms with Crippen molar-refractivity contribution in [2.75, 3.05) is 26.2 Å². The molecule has 0 bridgehead atoms. The van der Waals surface area contributed by atoms with E-state index in [2.05, 4.69) is 16.7 Å². The Kier molecular flexibility index (Phi) is 3.45. The van der Waals surface area contributed by atoms with E-state index in [1.165, 1.54) is 77.5 Å². The molecule has 2 nitrogen and oxygen atoms in total. The molecule has 0 amide bonds. The van der Waals surface area contributed by atoms with Crippen LogP contribution in [0.1, 0.15) is 58.3 Å². The molecule has 1 saturated carbocycles. The van der Waals surface area contributed by atoms with E-state index in [9.17, 15) is 0 Å². The van der Waals surface area contributed by atoms with E-state index in [1.807, 2.05) is 0 Å². The Balaban J connectivity index is 1.69. The van der Waals surface area contributed by atoms with E-state index >= 15 is 0 Å². The Labute approximate surface area is 106 Å². The Morgan fingerprint density at radius 3 is 2.47 bits per heavy atom. The Bertz CT molecular complexity index is 258. The van der Waals surface area contributed by atoms with E-state index in [4.69, 9.17) is 0 Å². The molecule has 0 radical (unpaired) electrons. The Morgan fingerprint density at radius 2 is 1.65 bits per heavy atom.